The minimum absolute atomic E-state index is 0.196. The van der Waals surface area contributed by atoms with Gasteiger partial charge in [0, 0.05) is 18.0 Å². The van der Waals surface area contributed by atoms with Crippen LogP contribution in [0.5, 0.6) is 5.75 Å². The number of hydrogen-bond donors (Lipinski definition) is 0. The Hall–Kier alpha value is -3.30. The molecule has 0 saturated carbocycles. The number of rotatable bonds is 8. The second-order valence-electron chi connectivity index (χ2n) is 7.93. The van der Waals surface area contributed by atoms with Crippen molar-refractivity contribution in [1.29, 1.82) is 0 Å². The summed E-state index contributed by atoms with van der Waals surface area (Å²) in [5, 5.41) is -0.00293. The van der Waals surface area contributed by atoms with Gasteiger partial charge in [0.1, 0.15) is 5.75 Å². The summed E-state index contributed by atoms with van der Waals surface area (Å²) in [6.07, 6.45) is 3.38. The van der Waals surface area contributed by atoms with E-state index in [4.69, 9.17) is 4.74 Å². The number of amides is 1. The Morgan fingerprint density at radius 3 is 2.53 bits per heavy atom. The molecule has 0 bridgehead atoms. The van der Waals surface area contributed by atoms with Crippen LogP contribution in [0.1, 0.15) is 36.7 Å². The van der Waals surface area contributed by atoms with Crippen molar-refractivity contribution in [3.05, 3.63) is 78.1 Å². The van der Waals surface area contributed by atoms with Gasteiger partial charge in [0.2, 0.25) is 0 Å². The molecule has 7 nitrogen and oxygen atoms in total. The summed E-state index contributed by atoms with van der Waals surface area (Å²) >= 11 is 1.40. The lowest BCUT2D eigenvalue weighted by atomic mass is 10.2. The smallest absolute Gasteiger partial charge is 0.260 e. The number of thiazole rings is 1. The van der Waals surface area contributed by atoms with Crippen LogP contribution in [0.3, 0.4) is 0 Å². The standard InChI is InChI=1S/C25H25N3O4S2/c1-4-32-20-9-12-22-23(14-20)33-25(27-22)28(16-18-6-5-13-26-15-18)24(29)19-7-10-21(11-8-19)34(30,31)17(2)3/h5-15,17H,4,16H2,1-3H3. The van der Waals surface area contributed by atoms with Gasteiger partial charge in [-0.2, -0.15) is 0 Å². The van der Waals surface area contributed by atoms with Gasteiger partial charge in [0.15, 0.2) is 15.0 Å². The van der Waals surface area contributed by atoms with E-state index in [9.17, 15) is 13.2 Å². The molecule has 0 unspecified atom stereocenters. The van der Waals surface area contributed by atoms with Crippen LogP contribution in [0.2, 0.25) is 0 Å². The molecule has 2 heterocycles. The summed E-state index contributed by atoms with van der Waals surface area (Å²) in [5.74, 6) is 0.471. The zero-order chi connectivity index (χ0) is 24.3. The normalized spacial score (nSPS) is 11.6. The summed E-state index contributed by atoms with van der Waals surface area (Å²) in [6, 6.07) is 15.4. The summed E-state index contributed by atoms with van der Waals surface area (Å²) in [5.41, 5.74) is 2.00. The molecule has 0 N–H and O–H groups in total. The first-order valence-corrected chi connectivity index (χ1v) is 13.2. The van der Waals surface area contributed by atoms with Gasteiger partial charge in [-0.05, 0) is 74.9 Å². The number of ether oxygens (including phenoxy) is 1. The lowest BCUT2D eigenvalue weighted by Gasteiger charge is -2.20. The second-order valence-corrected chi connectivity index (χ2v) is 11.4. The Morgan fingerprint density at radius 1 is 1.12 bits per heavy atom. The average Bonchev–Trinajstić information content (AvgIpc) is 3.26. The number of sulfone groups is 1. The molecule has 2 aromatic carbocycles. The number of fused-ring (bicyclic) bond motifs is 1. The molecule has 34 heavy (non-hydrogen) atoms. The summed E-state index contributed by atoms with van der Waals surface area (Å²) < 4.78 is 31.4. The largest absolute Gasteiger partial charge is 0.494 e. The van der Waals surface area contributed by atoms with Crippen molar-refractivity contribution in [3.8, 4) is 5.75 Å². The van der Waals surface area contributed by atoms with Crippen molar-refractivity contribution in [3.63, 3.8) is 0 Å². The Kier molecular flexibility index (Phi) is 6.95. The van der Waals surface area contributed by atoms with Crippen LogP contribution < -0.4 is 9.64 Å². The van der Waals surface area contributed by atoms with Gasteiger partial charge in [-0.3, -0.25) is 14.7 Å². The van der Waals surface area contributed by atoms with E-state index in [0.717, 1.165) is 21.5 Å². The fraction of sp³-hybridized carbons (Fsp3) is 0.240. The number of anilines is 1. The highest BCUT2D eigenvalue weighted by Crippen LogP contribution is 2.33. The molecule has 4 rings (SSSR count). The van der Waals surface area contributed by atoms with Crippen LogP contribution in [-0.2, 0) is 16.4 Å². The molecular weight excluding hydrogens is 470 g/mol. The van der Waals surface area contributed by atoms with E-state index < -0.39 is 15.1 Å². The van der Waals surface area contributed by atoms with Crippen molar-refractivity contribution in [2.75, 3.05) is 11.5 Å². The van der Waals surface area contributed by atoms with Crippen molar-refractivity contribution >= 4 is 42.4 Å². The van der Waals surface area contributed by atoms with Crippen LogP contribution in [-0.4, -0.2) is 36.1 Å². The lowest BCUT2D eigenvalue weighted by Crippen LogP contribution is -2.30. The third-order valence-electron chi connectivity index (χ3n) is 5.25. The van der Waals surface area contributed by atoms with Gasteiger partial charge < -0.3 is 4.74 Å². The van der Waals surface area contributed by atoms with E-state index in [2.05, 4.69) is 9.97 Å². The molecule has 0 aliphatic rings. The molecule has 0 spiro atoms. The quantitative estimate of drug-likeness (QED) is 0.337. The van der Waals surface area contributed by atoms with E-state index in [1.165, 1.54) is 23.5 Å². The van der Waals surface area contributed by atoms with Crippen LogP contribution >= 0.6 is 11.3 Å². The molecule has 0 fully saturated rings. The predicted octanol–water partition coefficient (Wildman–Crippen LogP) is 5.12. The first-order chi connectivity index (χ1) is 16.3. The third-order valence-corrected chi connectivity index (χ3v) is 8.46. The Labute approximate surface area is 203 Å². The number of benzene rings is 2. The van der Waals surface area contributed by atoms with E-state index >= 15 is 0 Å². The molecule has 0 radical (unpaired) electrons. The van der Waals surface area contributed by atoms with Crippen LogP contribution in [0, 0.1) is 0 Å². The number of nitrogens with zero attached hydrogens (tertiary/aromatic N) is 3. The van der Waals surface area contributed by atoms with E-state index in [1.54, 1.807) is 43.3 Å². The van der Waals surface area contributed by atoms with Crippen LogP contribution in [0.25, 0.3) is 10.2 Å². The molecule has 9 heteroatoms. The number of carbonyl (C=O) groups is 1. The zero-order valence-corrected chi connectivity index (χ0v) is 20.8. The third kappa shape index (κ3) is 4.95. The van der Waals surface area contributed by atoms with Crippen LogP contribution in [0.4, 0.5) is 5.13 Å². The molecule has 0 aliphatic carbocycles. The minimum Gasteiger partial charge on any atom is -0.494 e. The Morgan fingerprint density at radius 2 is 1.88 bits per heavy atom. The monoisotopic (exact) mass is 495 g/mol. The first kappa shape index (κ1) is 23.8. The Balaban J connectivity index is 1.71. The van der Waals surface area contributed by atoms with Crippen molar-refractivity contribution < 1.29 is 17.9 Å². The van der Waals surface area contributed by atoms with Crippen LogP contribution in [0.15, 0.2) is 71.9 Å². The van der Waals surface area contributed by atoms with Crippen molar-refractivity contribution in [2.24, 2.45) is 0 Å². The number of pyridine rings is 1. The highest BCUT2D eigenvalue weighted by atomic mass is 32.2. The van der Waals surface area contributed by atoms with Gasteiger partial charge >= 0.3 is 0 Å². The predicted molar refractivity (Wildman–Crippen MR) is 134 cm³/mol. The maximum Gasteiger partial charge on any atom is 0.260 e. The molecule has 1 amide bonds. The molecule has 0 atom stereocenters. The SMILES string of the molecule is CCOc1ccc2nc(N(Cc3cccnc3)C(=O)c3ccc(S(=O)(=O)C(C)C)cc3)sc2c1. The summed E-state index contributed by atoms with van der Waals surface area (Å²) in [7, 11) is -3.42. The van der Waals surface area contributed by atoms with E-state index in [-0.39, 0.29) is 17.3 Å². The van der Waals surface area contributed by atoms with Gasteiger partial charge in [-0.15, -0.1) is 0 Å². The fourth-order valence-electron chi connectivity index (χ4n) is 3.38. The minimum atomic E-state index is -3.42. The molecule has 0 aliphatic heterocycles. The highest BCUT2D eigenvalue weighted by molar-refractivity contribution is 7.92. The maximum absolute atomic E-state index is 13.6. The maximum atomic E-state index is 13.6. The van der Waals surface area contributed by atoms with Crippen molar-refractivity contribution in [2.45, 2.75) is 37.5 Å². The topological polar surface area (TPSA) is 89.5 Å². The molecular formula is C25H25N3O4S2. The lowest BCUT2D eigenvalue weighted by molar-refractivity contribution is 0.0985. The first-order valence-electron chi connectivity index (χ1n) is 10.9. The number of carbonyl (C=O) groups excluding carboxylic acids is 1. The number of hydrogen-bond acceptors (Lipinski definition) is 7. The Bertz CT molecular complexity index is 1400. The fourth-order valence-corrected chi connectivity index (χ4v) is 5.43. The molecule has 4 aromatic rings. The van der Waals surface area contributed by atoms with Gasteiger partial charge in [-0.25, -0.2) is 13.4 Å². The molecule has 176 valence electrons. The van der Waals surface area contributed by atoms with E-state index in [0.29, 0.717) is 17.3 Å². The van der Waals surface area contributed by atoms with Crippen molar-refractivity contribution in [1.82, 2.24) is 9.97 Å². The van der Waals surface area contributed by atoms with Gasteiger partial charge in [-0.1, -0.05) is 17.4 Å². The number of aromatic nitrogens is 2. The van der Waals surface area contributed by atoms with Gasteiger partial charge in [0.25, 0.3) is 5.91 Å². The molecule has 2 aromatic heterocycles. The molecule has 0 saturated heterocycles. The zero-order valence-electron chi connectivity index (χ0n) is 19.1. The average molecular weight is 496 g/mol. The highest BCUT2D eigenvalue weighted by Gasteiger charge is 2.24. The summed E-state index contributed by atoms with van der Waals surface area (Å²) in [6.45, 7) is 6.03. The van der Waals surface area contributed by atoms with E-state index in [1.807, 2.05) is 37.3 Å². The second kappa shape index (κ2) is 9.90. The summed E-state index contributed by atoms with van der Waals surface area (Å²) in [4.78, 5) is 24.2. The van der Waals surface area contributed by atoms with Gasteiger partial charge in [0.05, 0.1) is 33.5 Å².